The quantitative estimate of drug-likeness (QED) is 0.592. The van der Waals surface area contributed by atoms with Crippen molar-refractivity contribution in [3.05, 3.63) is 71.0 Å². The Labute approximate surface area is 202 Å². The van der Waals surface area contributed by atoms with Gasteiger partial charge < -0.3 is 16.0 Å². The molecular formula is C27H37FN4O2. The lowest BCUT2D eigenvalue weighted by Gasteiger charge is -2.43. The van der Waals surface area contributed by atoms with Crippen LogP contribution in [0.2, 0.25) is 0 Å². The Kier molecular flexibility index (Phi) is 9.19. The molecule has 1 fully saturated rings. The van der Waals surface area contributed by atoms with Crippen LogP contribution in [0.3, 0.4) is 0 Å². The van der Waals surface area contributed by atoms with E-state index in [1.807, 2.05) is 0 Å². The highest BCUT2D eigenvalue weighted by molar-refractivity contribution is 5.97. The SMILES string of the molecule is Cc1ccc(CN(CC(C)C)C2CCN(C(=O)c3ccc(F)cc3)[C@@H](C(=O)NCCN)C2)cc1. The maximum atomic E-state index is 13.4. The van der Waals surface area contributed by atoms with E-state index >= 15 is 0 Å². The Morgan fingerprint density at radius 3 is 2.44 bits per heavy atom. The summed E-state index contributed by atoms with van der Waals surface area (Å²) in [4.78, 5) is 30.4. The number of amides is 2. The first-order valence-corrected chi connectivity index (χ1v) is 12.1. The van der Waals surface area contributed by atoms with E-state index in [1.165, 1.54) is 35.4 Å². The maximum absolute atomic E-state index is 13.4. The molecule has 0 spiro atoms. The van der Waals surface area contributed by atoms with Crippen molar-refractivity contribution in [1.29, 1.82) is 0 Å². The van der Waals surface area contributed by atoms with Crippen molar-refractivity contribution in [1.82, 2.24) is 15.1 Å². The Hall–Kier alpha value is -2.77. The van der Waals surface area contributed by atoms with Gasteiger partial charge in [0.15, 0.2) is 0 Å². The third kappa shape index (κ3) is 6.87. The van der Waals surface area contributed by atoms with Crippen LogP contribution in [0.4, 0.5) is 4.39 Å². The van der Waals surface area contributed by atoms with Crippen molar-refractivity contribution in [2.24, 2.45) is 11.7 Å². The average Bonchev–Trinajstić information content (AvgIpc) is 2.83. The van der Waals surface area contributed by atoms with Crippen LogP contribution in [-0.4, -0.2) is 59.9 Å². The molecule has 6 nitrogen and oxygen atoms in total. The maximum Gasteiger partial charge on any atom is 0.254 e. The van der Waals surface area contributed by atoms with Gasteiger partial charge in [0, 0.05) is 44.3 Å². The third-order valence-corrected chi connectivity index (χ3v) is 6.30. The molecule has 1 aliphatic rings. The third-order valence-electron chi connectivity index (χ3n) is 6.30. The molecule has 2 amide bonds. The summed E-state index contributed by atoms with van der Waals surface area (Å²) >= 11 is 0. The molecule has 0 aromatic heterocycles. The minimum atomic E-state index is -0.601. The Balaban J connectivity index is 1.82. The normalized spacial score (nSPS) is 18.4. The number of likely N-dealkylation sites (tertiary alicyclic amines) is 1. The van der Waals surface area contributed by atoms with E-state index in [0.29, 0.717) is 37.5 Å². The number of nitrogens with two attached hydrogens (primary N) is 1. The highest BCUT2D eigenvalue weighted by Crippen LogP contribution is 2.26. The monoisotopic (exact) mass is 468 g/mol. The number of hydrogen-bond acceptors (Lipinski definition) is 4. The lowest BCUT2D eigenvalue weighted by Crippen LogP contribution is -2.57. The fourth-order valence-electron chi connectivity index (χ4n) is 4.58. The molecule has 7 heteroatoms. The first kappa shape index (κ1) is 25.8. The number of halogens is 1. The van der Waals surface area contributed by atoms with E-state index in [-0.39, 0.29) is 17.9 Å². The minimum Gasteiger partial charge on any atom is -0.353 e. The molecule has 2 aromatic carbocycles. The van der Waals surface area contributed by atoms with Gasteiger partial charge in [-0.25, -0.2) is 4.39 Å². The van der Waals surface area contributed by atoms with Crippen molar-refractivity contribution in [3.63, 3.8) is 0 Å². The molecule has 1 saturated heterocycles. The first-order chi connectivity index (χ1) is 16.3. The summed E-state index contributed by atoms with van der Waals surface area (Å²) in [7, 11) is 0. The second kappa shape index (κ2) is 12.1. The largest absolute Gasteiger partial charge is 0.353 e. The van der Waals surface area contributed by atoms with E-state index in [1.54, 1.807) is 4.90 Å². The summed E-state index contributed by atoms with van der Waals surface area (Å²) in [5, 5.41) is 2.87. The van der Waals surface area contributed by atoms with E-state index in [9.17, 15) is 14.0 Å². The van der Waals surface area contributed by atoms with Crippen molar-refractivity contribution in [3.8, 4) is 0 Å². The lowest BCUT2D eigenvalue weighted by atomic mass is 9.93. The van der Waals surface area contributed by atoms with Gasteiger partial charge in [0.2, 0.25) is 5.91 Å². The molecule has 3 N–H and O–H groups in total. The summed E-state index contributed by atoms with van der Waals surface area (Å²) in [6, 6.07) is 13.6. The zero-order chi connectivity index (χ0) is 24.7. The molecule has 0 saturated carbocycles. The lowest BCUT2D eigenvalue weighted by molar-refractivity contribution is -0.127. The number of benzene rings is 2. The highest BCUT2D eigenvalue weighted by Gasteiger charge is 2.38. The van der Waals surface area contributed by atoms with E-state index < -0.39 is 11.9 Å². The Morgan fingerprint density at radius 1 is 1.15 bits per heavy atom. The standard InChI is InChI=1S/C27H37FN4O2/c1-19(2)17-31(18-21-6-4-20(3)5-7-21)24-12-15-32(25(16-24)26(33)30-14-13-29)27(34)22-8-10-23(28)11-9-22/h4-11,19,24-25H,12-18,29H2,1-3H3,(H,30,33)/t24?,25-/m1/s1. The van der Waals surface area contributed by atoms with E-state index in [4.69, 9.17) is 5.73 Å². The number of rotatable bonds is 9. The number of carbonyl (C=O) groups is 2. The van der Waals surface area contributed by atoms with Gasteiger partial charge in [0.05, 0.1) is 0 Å². The first-order valence-electron chi connectivity index (χ1n) is 12.1. The van der Waals surface area contributed by atoms with Crippen LogP contribution in [0.25, 0.3) is 0 Å². The number of nitrogens with zero attached hydrogens (tertiary/aromatic N) is 2. The summed E-state index contributed by atoms with van der Waals surface area (Å²) in [6.07, 6.45) is 1.31. The van der Waals surface area contributed by atoms with Gasteiger partial charge >= 0.3 is 0 Å². The van der Waals surface area contributed by atoms with Gasteiger partial charge in [-0.15, -0.1) is 0 Å². The van der Waals surface area contributed by atoms with Crippen LogP contribution in [0.15, 0.2) is 48.5 Å². The topological polar surface area (TPSA) is 78.7 Å². The summed E-state index contributed by atoms with van der Waals surface area (Å²) in [5.41, 5.74) is 8.44. The van der Waals surface area contributed by atoms with Crippen molar-refractivity contribution >= 4 is 11.8 Å². The predicted octanol–water partition coefficient (Wildman–Crippen LogP) is 3.34. The number of piperidine rings is 1. The predicted molar refractivity (Wildman–Crippen MR) is 133 cm³/mol. The minimum absolute atomic E-state index is 0.162. The number of carbonyl (C=O) groups excluding carboxylic acids is 2. The zero-order valence-electron chi connectivity index (χ0n) is 20.5. The Bertz CT molecular complexity index is 946. The fraction of sp³-hybridized carbons (Fsp3) is 0.481. The molecule has 3 rings (SSSR count). The number of hydrogen-bond donors (Lipinski definition) is 2. The molecule has 2 aromatic rings. The van der Waals surface area contributed by atoms with Gasteiger partial charge in [-0.05, 0) is 55.5 Å². The molecule has 1 heterocycles. The molecule has 1 aliphatic heterocycles. The van der Waals surface area contributed by atoms with Crippen molar-refractivity contribution < 1.29 is 14.0 Å². The van der Waals surface area contributed by atoms with Crippen LogP contribution in [0.1, 0.15) is 48.2 Å². The van der Waals surface area contributed by atoms with Crippen LogP contribution in [-0.2, 0) is 11.3 Å². The van der Waals surface area contributed by atoms with Crippen LogP contribution >= 0.6 is 0 Å². The summed E-state index contributed by atoms with van der Waals surface area (Å²) < 4.78 is 13.4. The van der Waals surface area contributed by atoms with Gasteiger partial charge in [-0.1, -0.05) is 43.7 Å². The van der Waals surface area contributed by atoms with Gasteiger partial charge in [0.25, 0.3) is 5.91 Å². The second-order valence-electron chi connectivity index (χ2n) is 9.59. The van der Waals surface area contributed by atoms with E-state index in [2.05, 4.69) is 55.3 Å². The summed E-state index contributed by atoms with van der Waals surface area (Å²) in [6.45, 7) is 9.33. The molecule has 34 heavy (non-hydrogen) atoms. The second-order valence-corrected chi connectivity index (χ2v) is 9.59. The highest BCUT2D eigenvalue weighted by atomic mass is 19.1. The molecular weight excluding hydrogens is 431 g/mol. The van der Waals surface area contributed by atoms with Crippen LogP contribution in [0.5, 0.6) is 0 Å². The zero-order valence-corrected chi connectivity index (χ0v) is 20.5. The molecule has 2 atom stereocenters. The Morgan fingerprint density at radius 2 is 1.82 bits per heavy atom. The molecule has 1 unspecified atom stereocenters. The fourth-order valence-corrected chi connectivity index (χ4v) is 4.58. The molecule has 0 radical (unpaired) electrons. The summed E-state index contributed by atoms with van der Waals surface area (Å²) in [5.74, 6) is -0.368. The smallest absolute Gasteiger partial charge is 0.254 e. The van der Waals surface area contributed by atoms with Gasteiger partial charge in [-0.3, -0.25) is 14.5 Å². The number of nitrogens with one attached hydrogen (secondary N) is 1. The van der Waals surface area contributed by atoms with Crippen molar-refractivity contribution in [2.75, 3.05) is 26.2 Å². The molecule has 0 aliphatic carbocycles. The van der Waals surface area contributed by atoms with Gasteiger partial charge in [-0.2, -0.15) is 0 Å². The molecule has 0 bridgehead atoms. The molecule has 184 valence electrons. The van der Waals surface area contributed by atoms with Crippen LogP contribution < -0.4 is 11.1 Å². The van der Waals surface area contributed by atoms with Crippen LogP contribution in [0, 0.1) is 18.7 Å². The van der Waals surface area contributed by atoms with E-state index in [0.717, 1.165) is 19.5 Å². The van der Waals surface area contributed by atoms with Crippen molar-refractivity contribution in [2.45, 2.75) is 52.2 Å². The number of aryl methyl sites for hydroxylation is 1. The average molecular weight is 469 g/mol. The van der Waals surface area contributed by atoms with Gasteiger partial charge in [0.1, 0.15) is 11.9 Å².